The molecule has 0 aromatic heterocycles. The van der Waals surface area contributed by atoms with Gasteiger partial charge in [0.05, 0.1) is 30.1 Å². The molecule has 7 atom stereocenters. The van der Waals surface area contributed by atoms with Gasteiger partial charge in [0.1, 0.15) is 0 Å². The van der Waals surface area contributed by atoms with E-state index in [0.29, 0.717) is 6.10 Å². The number of carbonyl (C=O) groups excluding carboxylic acids is 1. The lowest BCUT2D eigenvalue weighted by Crippen LogP contribution is -2.47. The fourth-order valence-corrected chi connectivity index (χ4v) is 4.59. The summed E-state index contributed by atoms with van der Waals surface area (Å²) in [6.45, 7) is 0. The Morgan fingerprint density at radius 1 is 1.10 bits per heavy atom. The summed E-state index contributed by atoms with van der Waals surface area (Å²) in [6.07, 6.45) is 8.20. The zero-order valence-corrected chi connectivity index (χ0v) is 11.2. The van der Waals surface area contributed by atoms with Gasteiger partial charge in [-0.15, -0.1) is 0 Å². The van der Waals surface area contributed by atoms with Crippen LogP contribution in [0.2, 0.25) is 0 Å². The SMILES string of the molecule is O=C(O)[C@@H]1C2C=CC(C2)[C@@H]1C(=O)NC1CC2CCC1O2. The van der Waals surface area contributed by atoms with Gasteiger partial charge in [-0.2, -0.15) is 0 Å². The predicted molar refractivity (Wildman–Crippen MR) is 69.8 cm³/mol. The highest BCUT2D eigenvalue weighted by Gasteiger charge is 2.52. The van der Waals surface area contributed by atoms with Gasteiger partial charge in [0, 0.05) is 0 Å². The number of rotatable bonds is 3. The molecule has 4 rings (SSSR count). The van der Waals surface area contributed by atoms with E-state index in [4.69, 9.17) is 4.74 Å². The molecule has 0 radical (unpaired) electrons. The quantitative estimate of drug-likeness (QED) is 0.753. The molecular formula is C15H19NO4. The van der Waals surface area contributed by atoms with Crippen LogP contribution in [0.1, 0.15) is 25.7 Å². The van der Waals surface area contributed by atoms with Crippen LogP contribution in [0.3, 0.4) is 0 Å². The fraction of sp³-hybridized carbons (Fsp3) is 0.733. The third-order valence-corrected chi connectivity index (χ3v) is 5.48. The van der Waals surface area contributed by atoms with Gasteiger partial charge in [0.15, 0.2) is 0 Å². The molecule has 1 saturated carbocycles. The second-order valence-electron chi connectivity index (χ2n) is 6.56. The highest BCUT2D eigenvalue weighted by molar-refractivity contribution is 5.87. The Hall–Kier alpha value is -1.36. The minimum atomic E-state index is -0.841. The molecule has 0 spiro atoms. The maximum atomic E-state index is 12.5. The van der Waals surface area contributed by atoms with Crippen LogP contribution < -0.4 is 5.32 Å². The molecule has 108 valence electrons. The van der Waals surface area contributed by atoms with Crippen molar-refractivity contribution < 1.29 is 19.4 Å². The summed E-state index contributed by atoms with van der Waals surface area (Å²) < 4.78 is 5.74. The number of carboxylic acid groups (broad SMARTS) is 1. The minimum Gasteiger partial charge on any atom is -0.481 e. The molecule has 0 aromatic rings. The van der Waals surface area contributed by atoms with Crippen molar-refractivity contribution >= 4 is 11.9 Å². The van der Waals surface area contributed by atoms with E-state index in [1.54, 1.807) is 0 Å². The van der Waals surface area contributed by atoms with E-state index >= 15 is 0 Å². The molecule has 4 bridgehead atoms. The van der Waals surface area contributed by atoms with Gasteiger partial charge < -0.3 is 15.2 Å². The Morgan fingerprint density at radius 3 is 2.45 bits per heavy atom. The molecule has 5 unspecified atom stereocenters. The summed E-state index contributed by atoms with van der Waals surface area (Å²) in [5, 5.41) is 12.4. The summed E-state index contributed by atoms with van der Waals surface area (Å²) in [5.41, 5.74) is 0. The number of amides is 1. The van der Waals surface area contributed by atoms with Crippen LogP contribution >= 0.6 is 0 Å². The molecule has 2 N–H and O–H groups in total. The molecule has 5 nitrogen and oxygen atoms in total. The number of aliphatic carboxylic acids is 1. The molecule has 2 aliphatic carbocycles. The van der Waals surface area contributed by atoms with E-state index in [9.17, 15) is 14.7 Å². The number of carbonyl (C=O) groups is 2. The van der Waals surface area contributed by atoms with Crippen LogP contribution in [0.15, 0.2) is 12.2 Å². The number of nitrogens with one attached hydrogen (secondary N) is 1. The molecule has 5 heteroatoms. The number of hydrogen-bond acceptors (Lipinski definition) is 3. The minimum absolute atomic E-state index is 0.0320. The molecule has 1 amide bonds. The molecule has 2 saturated heterocycles. The summed E-state index contributed by atoms with van der Waals surface area (Å²) >= 11 is 0. The molecular weight excluding hydrogens is 258 g/mol. The van der Waals surface area contributed by atoms with Gasteiger partial charge in [-0.25, -0.2) is 0 Å². The normalized spacial score (nSPS) is 47.9. The van der Waals surface area contributed by atoms with Crippen LogP contribution in [0, 0.1) is 23.7 Å². The second kappa shape index (κ2) is 4.32. The Balaban J connectivity index is 1.48. The fourth-order valence-electron chi connectivity index (χ4n) is 4.59. The monoisotopic (exact) mass is 277 g/mol. The van der Waals surface area contributed by atoms with E-state index in [1.165, 1.54) is 0 Å². The van der Waals surface area contributed by atoms with Gasteiger partial charge in [0.2, 0.25) is 5.91 Å². The van der Waals surface area contributed by atoms with Crippen LogP contribution in [0.25, 0.3) is 0 Å². The first kappa shape index (κ1) is 12.4. The Labute approximate surface area is 117 Å². The maximum Gasteiger partial charge on any atom is 0.307 e. The number of hydrogen-bond donors (Lipinski definition) is 2. The van der Waals surface area contributed by atoms with Crippen molar-refractivity contribution in [1.82, 2.24) is 5.32 Å². The standard InChI is InChI=1S/C15H19NO4/c17-14(16-10-6-9-3-4-11(10)20-9)12-7-1-2-8(5-7)13(12)15(18)19/h1-2,7-13H,3-6H2,(H,16,17)(H,18,19)/t7?,8?,9?,10?,11?,12-,13+/m0/s1. The number of ether oxygens (including phenoxy) is 1. The number of allylic oxidation sites excluding steroid dienone is 2. The van der Waals surface area contributed by atoms with Crippen molar-refractivity contribution in [2.45, 2.75) is 43.9 Å². The lowest BCUT2D eigenvalue weighted by atomic mass is 9.82. The number of fused-ring (bicyclic) bond motifs is 4. The molecule has 2 heterocycles. The first-order valence-electron chi connectivity index (χ1n) is 7.50. The summed E-state index contributed by atoms with van der Waals surface area (Å²) in [5.74, 6) is -1.75. The third-order valence-electron chi connectivity index (χ3n) is 5.48. The van der Waals surface area contributed by atoms with E-state index in [2.05, 4.69) is 5.32 Å². The van der Waals surface area contributed by atoms with E-state index < -0.39 is 17.8 Å². The number of carboxylic acids is 1. The molecule has 20 heavy (non-hydrogen) atoms. The Bertz CT molecular complexity index is 488. The predicted octanol–water partition coefficient (Wildman–Crippen LogP) is 0.945. The van der Waals surface area contributed by atoms with Crippen LogP contribution in [-0.2, 0) is 14.3 Å². The van der Waals surface area contributed by atoms with Gasteiger partial charge in [-0.3, -0.25) is 9.59 Å². The van der Waals surface area contributed by atoms with Crippen molar-refractivity contribution in [3.63, 3.8) is 0 Å². The van der Waals surface area contributed by atoms with Gasteiger partial charge >= 0.3 is 5.97 Å². The average molecular weight is 277 g/mol. The highest BCUT2D eigenvalue weighted by Crippen LogP contribution is 2.48. The van der Waals surface area contributed by atoms with Crippen molar-refractivity contribution in [1.29, 1.82) is 0 Å². The smallest absolute Gasteiger partial charge is 0.307 e. The molecule has 3 fully saturated rings. The summed E-state index contributed by atoms with van der Waals surface area (Å²) in [7, 11) is 0. The van der Waals surface area contributed by atoms with Crippen molar-refractivity contribution in [3.8, 4) is 0 Å². The topological polar surface area (TPSA) is 75.6 Å². The molecule has 2 aliphatic heterocycles. The van der Waals surface area contributed by atoms with Crippen LogP contribution in [0.4, 0.5) is 0 Å². The first-order chi connectivity index (χ1) is 9.63. The first-order valence-corrected chi connectivity index (χ1v) is 7.50. The van der Waals surface area contributed by atoms with Crippen LogP contribution in [0.5, 0.6) is 0 Å². The van der Waals surface area contributed by atoms with Gasteiger partial charge in [-0.1, -0.05) is 12.2 Å². The largest absolute Gasteiger partial charge is 0.481 e. The second-order valence-corrected chi connectivity index (χ2v) is 6.56. The van der Waals surface area contributed by atoms with E-state index in [1.807, 2.05) is 12.2 Å². The third kappa shape index (κ3) is 1.72. The van der Waals surface area contributed by atoms with Crippen molar-refractivity contribution in [2.24, 2.45) is 23.7 Å². The zero-order valence-electron chi connectivity index (χ0n) is 11.2. The zero-order chi connectivity index (χ0) is 13.9. The van der Waals surface area contributed by atoms with Gasteiger partial charge in [-0.05, 0) is 37.5 Å². The van der Waals surface area contributed by atoms with Crippen LogP contribution in [-0.4, -0.2) is 35.2 Å². The van der Waals surface area contributed by atoms with E-state index in [0.717, 1.165) is 25.7 Å². The molecule has 4 aliphatic rings. The lowest BCUT2D eigenvalue weighted by molar-refractivity contribution is -0.148. The van der Waals surface area contributed by atoms with E-state index in [-0.39, 0.29) is 29.9 Å². The lowest BCUT2D eigenvalue weighted by Gasteiger charge is -2.27. The van der Waals surface area contributed by atoms with Crippen molar-refractivity contribution in [3.05, 3.63) is 12.2 Å². The van der Waals surface area contributed by atoms with Gasteiger partial charge in [0.25, 0.3) is 0 Å². The summed E-state index contributed by atoms with van der Waals surface area (Å²) in [4.78, 5) is 24.0. The van der Waals surface area contributed by atoms with Crippen molar-refractivity contribution in [2.75, 3.05) is 0 Å². The Kier molecular flexibility index (Phi) is 2.67. The average Bonchev–Trinajstić information content (AvgIpc) is 3.16. The maximum absolute atomic E-state index is 12.5. The Morgan fingerprint density at radius 2 is 1.85 bits per heavy atom. The summed E-state index contributed by atoms with van der Waals surface area (Å²) in [6, 6.07) is 0.0822. The highest BCUT2D eigenvalue weighted by atomic mass is 16.5. The molecule has 0 aromatic carbocycles.